The van der Waals surface area contributed by atoms with E-state index in [4.69, 9.17) is 0 Å². The predicted molar refractivity (Wildman–Crippen MR) is 70.4 cm³/mol. The molecule has 2 aliphatic rings. The molecule has 1 aliphatic heterocycles. The molecule has 0 aromatic heterocycles. The van der Waals surface area contributed by atoms with E-state index in [2.05, 4.69) is 10.6 Å². The highest BCUT2D eigenvalue weighted by atomic mass is 32.2. The van der Waals surface area contributed by atoms with E-state index in [1.165, 1.54) is 0 Å². The van der Waals surface area contributed by atoms with Crippen molar-refractivity contribution in [2.24, 2.45) is 0 Å². The zero-order chi connectivity index (χ0) is 13.5. The summed E-state index contributed by atoms with van der Waals surface area (Å²) in [5.74, 6) is -0.0347. The zero-order valence-electron chi connectivity index (χ0n) is 10.4. The topological polar surface area (TPSA) is 75.3 Å². The van der Waals surface area contributed by atoms with Crippen LogP contribution in [0.1, 0.15) is 24.4 Å². The van der Waals surface area contributed by atoms with E-state index in [9.17, 15) is 13.2 Å². The van der Waals surface area contributed by atoms with Crippen molar-refractivity contribution in [1.29, 1.82) is 0 Å². The highest BCUT2D eigenvalue weighted by Crippen LogP contribution is 2.32. The van der Waals surface area contributed by atoms with Gasteiger partial charge in [-0.3, -0.25) is 4.79 Å². The maximum Gasteiger partial charge on any atom is 0.234 e. The van der Waals surface area contributed by atoms with Crippen molar-refractivity contribution >= 4 is 15.7 Å². The lowest BCUT2D eigenvalue weighted by Gasteiger charge is -2.12. The first-order valence-corrected chi connectivity index (χ1v) is 8.06. The second kappa shape index (κ2) is 4.61. The lowest BCUT2D eigenvalue weighted by atomic mass is 10.1. The van der Waals surface area contributed by atoms with Gasteiger partial charge >= 0.3 is 0 Å². The van der Waals surface area contributed by atoms with Crippen LogP contribution in [0, 0.1) is 0 Å². The van der Waals surface area contributed by atoms with Crippen molar-refractivity contribution in [3.05, 3.63) is 29.8 Å². The smallest absolute Gasteiger partial charge is 0.234 e. The number of sulfone groups is 1. The summed E-state index contributed by atoms with van der Waals surface area (Å²) in [5, 5.41) is 5.91. The van der Waals surface area contributed by atoms with Gasteiger partial charge in [0.05, 0.1) is 17.2 Å². The van der Waals surface area contributed by atoms with Crippen molar-refractivity contribution in [2.75, 3.05) is 12.3 Å². The van der Waals surface area contributed by atoms with E-state index in [1.807, 2.05) is 6.07 Å². The fraction of sp³-hybridized carbons (Fsp3) is 0.462. The molecule has 1 fully saturated rings. The van der Waals surface area contributed by atoms with Crippen LogP contribution in [0.2, 0.25) is 0 Å². The molecule has 0 spiro atoms. The van der Waals surface area contributed by atoms with Crippen molar-refractivity contribution in [1.82, 2.24) is 10.6 Å². The van der Waals surface area contributed by atoms with Gasteiger partial charge in [-0.05, 0) is 24.5 Å². The molecule has 1 saturated carbocycles. The predicted octanol–water partition coefficient (Wildman–Crippen LogP) is 0.383. The van der Waals surface area contributed by atoms with Gasteiger partial charge in [-0.2, -0.15) is 0 Å². The van der Waals surface area contributed by atoms with Gasteiger partial charge in [0.15, 0.2) is 9.84 Å². The minimum Gasteiger partial charge on any atom is -0.352 e. The minimum absolute atomic E-state index is 0.0308. The normalized spacial score (nSPS) is 23.9. The summed E-state index contributed by atoms with van der Waals surface area (Å²) in [6, 6.07) is 7.00. The molecule has 1 aromatic rings. The molecule has 5 nitrogen and oxygen atoms in total. The average molecular weight is 280 g/mol. The maximum absolute atomic E-state index is 12.0. The number of benzene rings is 1. The molecule has 0 saturated heterocycles. The van der Waals surface area contributed by atoms with Crippen LogP contribution < -0.4 is 10.6 Å². The van der Waals surface area contributed by atoms with Crippen LogP contribution in [-0.2, 0) is 14.6 Å². The van der Waals surface area contributed by atoms with Crippen molar-refractivity contribution in [3.63, 3.8) is 0 Å². The summed E-state index contributed by atoms with van der Waals surface area (Å²) in [7, 11) is -3.21. The molecule has 1 amide bonds. The molecule has 1 aromatic carbocycles. The molecular formula is C13H16N2O3S. The first-order valence-electron chi connectivity index (χ1n) is 6.41. The van der Waals surface area contributed by atoms with E-state index in [0.29, 0.717) is 10.9 Å². The van der Waals surface area contributed by atoms with Crippen molar-refractivity contribution in [2.45, 2.75) is 29.8 Å². The third kappa shape index (κ3) is 2.64. The van der Waals surface area contributed by atoms with Gasteiger partial charge < -0.3 is 10.6 Å². The second-order valence-electron chi connectivity index (χ2n) is 5.09. The molecule has 19 heavy (non-hydrogen) atoms. The van der Waals surface area contributed by atoms with Crippen molar-refractivity contribution < 1.29 is 13.2 Å². The largest absolute Gasteiger partial charge is 0.352 e. The first-order chi connectivity index (χ1) is 9.06. The minimum atomic E-state index is -3.21. The molecule has 3 rings (SSSR count). The Morgan fingerprint density at radius 2 is 2.00 bits per heavy atom. The van der Waals surface area contributed by atoms with Crippen LogP contribution >= 0.6 is 0 Å². The summed E-state index contributed by atoms with van der Waals surface area (Å²) in [5.41, 5.74) is 0.765. The molecule has 1 aliphatic carbocycles. The molecule has 2 N–H and O–H groups in total. The Balaban J connectivity index is 1.68. The third-order valence-electron chi connectivity index (χ3n) is 3.47. The molecule has 1 unspecified atom stereocenters. The molecule has 0 radical (unpaired) electrons. The van der Waals surface area contributed by atoms with Crippen LogP contribution in [0.4, 0.5) is 0 Å². The van der Waals surface area contributed by atoms with Gasteiger partial charge in [-0.15, -0.1) is 0 Å². The van der Waals surface area contributed by atoms with E-state index in [-0.39, 0.29) is 24.2 Å². The molecule has 6 heteroatoms. The van der Waals surface area contributed by atoms with Gasteiger partial charge in [0.25, 0.3) is 0 Å². The Kier molecular flexibility index (Phi) is 3.06. The number of amides is 1. The third-order valence-corrected chi connectivity index (χ3v) is 5.28. The summed E-state index contributed by atoms with van der Waals surface area (Å²) >= 11 is 0. The Labute approximate surface area is 112 Å². The molecule has 102 valence electrons. The standard InChI is InChI=1S/C13H16N2O3S/c16-13(15-9-5-6-9)7-14-11-8-19(17,18)12-4-2-1-3-10(11)12/h1-4,9,11,14H,5-8H2,(H,15,16). The Morgan fingerprint density at radius 1 is 1.26 bits per heavy atom. The summed E-state index contributed by atoms with van der Waals surface area (Å²) in [6.07, 6.45) is 2.10. The van der Waals surface area contributed by atoms with E-state index < -0.39 is 9.84 Å². The molecule has 1 heterocycles. The van der Waals surface area contributed by atoms with Crippen LogP contribution in [-0.4, -0.2) is 32.7 Å². The highest BCUT2D eigenvalue weighted by molar-refractivity contribution is 7.91. The average Bonchev–Trinajstić information content (AvgIpc) is 3.14. The molecule has 1 atom stereocenters. The maximum atomic E-state index is 12.0. The van der Waals surface area contributed by atoms with Gasteiger partial charge in [-0.25, -0.2) is 8.42 Å². The monoisotopic (exact) mass is 280 g/mol. The number of carbonyl (C=O) groups excluding carboxylic acids is 1. The van der Waals surface area contributed by atoms with Crippen LogP contribution in [0.15, 0.2) is 29.2 Å². The summed E-state index contributed by atoms with van der Waals surface area (Å²) < 4.78 is 23.9. The van der Waals surface area contributed by atoms with Crippen molar-refractivity contribution in [3.8, 4) is 0 Å². The van der Waals surface area contributed by atoms with Gasteiger partial charge in [0, 0.05) is 12.1 Å². The lowest BCUT2D eigenvalue weighted by Crippen LogP contribution is -2.37. The molecule has 0 bridgehead atoms. The summed E-state index contributed by atoms with van der Waals surface area (Å²) in [6.45, 7) is 0.158. The van der Waals surface area contributed by atoms with Gasteiger partial charge in [-0.1, -0.05) is 18.2 Å². The second-order valence-corrected chi connectivity index (χ2v) is 7.10. The number of fused-ring (bicyclic) bond motifs is 1. The van der Waals surface area contributed by atoms with E-state index in [1.54, 1.807) is 18.2 Å². The number of carbonyl (C=O) groups is 1. The Bertz CT molecular complexity index is 608. The fourth-order valence-corrected chi connectivity index (χ4v) is 4.11. The lowest BCUT2D eigenvalue weighted by molar-refractivity contribution is -0.120. The van der Waals surface area contributed by atoms with E-state index in [0.717, 1.165) is 18.4 Å². The van der Waals surface area contributed by atoms with Gasteiger partial charge in [0.2, 0.25) is 5.91 Å². The van der Waals surface area contributed by atoms with Gasteiger partial charge in [0.1, 0.15) is 0 Å². The van der Waals surface area contributed by atoms with Crippen LogP contribution in [0.3, 0.4) is 0 Å². The highest BCUT2D eigenvalue weighted by Gasteiger charge is 2.34. The molecular weight excluding hydrogens is 264 g/mol. The Hall–Kier alpha value is -1.40. The quantitative estimate of drug-likeness (QED) is 0.836. The Morgan fingerprint density at radius 3 is 2.74 bits per heavy atom. The van der Waals surface area contributed by atoms with Crippen LogP contribution in [0.5, 0.6) is 0 Å². The zero-order valence-corrected chi connectivity index (χ0v) is 11.2. The number of nitrogens with one attached hydrogen (secondary N) is 2. The number of hydrogen-bond acceptors (Lipinski definition) is 4. The number of hydrogen-bond donors (Lipinski definition) is 2. The van der Waals surface area contributed by atoms with E-state index >= 15 is 0 Å². The fourth-order valence-electron chi connectivity index (χ4n) is 2.34. The van der Waals surface area contributed by atoms with Crippen LogP contribution in [0.25, 0.3) is 0 Å². The SMILES string of the molecule is O=C(CNC1CS(=O)(=O)c2ccccc21)NC1CC1. The number of rotatable bonds is 4. The summed E-state index contributed by atoms with van der Waals surface area (Å²) in [4.78, 5) is 12.0. The first kappa shape index (κ1) is 12.6.